The van der Waals surface area contributed by atoms with Gasteiger partial charge in [-0.25, -0.2) is 4.57 Å². The van der Waals surface area contributed by atoms with Crippen molar-refractivity contribution in [2.75, 3.05) is 40.5 Å². The molecular weight excluding hydrogens is 713 g/mol. The van der Waals surface area contributed by atoms with Gasteiger partial charge in [-0.3, -0.25) is 18.6 Å². The van der Waals surface area contributed by atoms with E-state index in [0.717, 1.165) is 57.8 Å². The second kappa shape index (κ2) is 40.7. The van der Waals surface area contributed by atoms with E-state index in [1.165, 1.54) is 116 Å². The summed E-state index contributed by atoms with van der Waals surface area (Å²) in [6.07, 6.45) is 42.3. The number of ether oxygens (including phenoxy) is 2. The number of unbranched alkanes of at least 4 members (excludes halogenated alkanes) is 24. The van der Waals surface area contributed by atoms with Gasteiger partial charge in [-0.15, -0.1) is 0 Å². The fourth-order valence-corrected chi connectivity index (χ4v) is 6.93. The lowest BCUT2D eigenvalue weighted by Gasteiger charge is -2.20. The molecule has 10 heteroatoms. The molecule has 2 unspecified atom stereocenters. The maximum Gasteiger partial charge on any atom is 0.472 e. The van der Waals surface area contributed by atoms with Gasteiger partial charge >= 0.3 is 19.8 Å². The highest BCUT2D eigenvalue weighted by Gasteiger charge is 2.26. The van der Waals surface area contributed by atoms with Crippen LogP contribution >= 0.6 is 7.82 Å². The van der Waals surface area contributed by atoms with Crippen molar-refractivity contribution in [2.24, 2.45) is 0 Å². The van der Waals surface area contributed by atoms with Crippen LogP contribution in [0.3, 0.4) is 0 Å². The van der Waals surface area contributed by atoms with E-state index in [9.17, 15) is 19.0 Å². The Kier molecular flexibility index (Phi) is 39.6. The average Bonchev–Trinajstić information content (AvgIpc) is 3.15. The fraction of sp³-hybridized carbons (Fsp3) is 0.867. The molecule has 0 spiro atoms. The van der Waals surface area contributed by atoms with Crippen molar-refractivity contribution < 1.29 is 37.6 Å². The first-order valence-corrected chi connectivity index (χ1v) is 24.1. The van der Waals surface area contributed by atoms with Crippen LogP contribution in [0.25, 0.3) is 0 Å². The van der Waals surface area contributed by atoms with Gasteiger partial charge in [0, 0.05) is 19.4 Å². The number of phosphoric acid groups is 1. The Bertz CT molecular complexity index is 973. The van der Waals surface area contributed by atoms with E-state index < -0.39 is 26.5 Å². The molecule has 324 valence electrons. The molecule has 0 aliphatic carbocycles. The predicted molar refractivity (Wildman–Crippen MR) is 229 cm³/mol. The van der Waals surface area contributed by atoms with Crippen LogP contribution in [0.4, 0.5) is 0 Å². The van der Waals surface area contributed by atoms with Gasteiger partial charge in [0.05, 0.1) is 13.2 Å². The van der Waals surface area contributed by atoms with Crippen molar-refractivity contribution in [2.45, 2.75) is 213 Å². The van der Waals surface area contributed by atoms with Crippen LogP contribution < -0.4 is 0 Å². The Morgan fingerprint density at radius 1 is 0.545 bits per heavy atom. The summed E-state index contributed by atoms with van der Waals surface area (Å²) < 4.78 is 33.4. The molecule has 0 aromatic rings. The minimum atomic E-state index is -4.36. The Balaban J connectivity index is 4.19. The lowest BCUT2D eigenvalue weighted by atomic mass is 10.0. The summed E-state index contributed by atoms with van der Waals surface area (Å²) in [5.74, 6) is -0.810. The molecular formula is C45H86NO8P. The van der Waals surface area contributed by atoms with Crippen molar-refractivity contribution in [1.82, 2.24) is 4.90 Å². The lowest BCUT2D eigenvalue weighted by molar-refractivity contribution is -0.161. The molecule has 0 amide bonds. The summed E-state index contributed by atoms with van der Waals surface area (Å²) >= 11 is 0. The minimum Gasteiger partial charge on any atom is -0.462 e. The number of nitrogens with zero attached hydrogens (tertiary/aromatic N) is 1. The Morgan fingerprint density at radius 2 is 0.945 bits per heavy atom. The third kappa shape index (κ3) is 41.9. The number of esters is 2. The normalized spacial score (nSPS) is 13.6. The van der Waals surface area contributed by atoms with E-state index in [2.05, 4.69) is 38.2 Å². The van der Waals surface area contributed by atoms with Gasteiger partial charge in [0.1, 0.15) is 6.61 Å². The van der Waals surface area contributed by atoms with E-state index in [0.29, 0.717) is 13.0 Å². The summed E-state index contributed by atoms with van der Waals surface area (Å²) in [4.78, 5) is 37.0. The molecule has 0 heterocycles. The molecule has 0 saturated carbocycles. The largest absolute Gasteiger partial charge is 0.472 e. The molecule has 0 aliphatic heterocycles. The van der Waals surface area contributed by atoms with Crippen molar-refractivity contribution >= 4 is 19.8 Å². The molecule has 0 rings (SSSR count). The molecule has 0 aromatic carbocycles. The molecule has 0 fully saturated rings. The zero-order valence-electron chi connectivity index (χ0n) is 36.1. The van der Waals surface area contributed by atoms with Crippen LogP contribution in [-0.2, 0) is 32.7 Å². The third-order valence-corrected chi connectivity index (χ3v) is 10.7. The number of carbonyl (C=O) groups is 2. The minimum absolute atomic E-state index is 0.00730. The van der Waals surface area contributed by atoms with Gasteiger partial charge in [-0.1, -0.05) is 160 Å². The van der Waals surface area contributed by atoms with Gasteiger partial charge in [0.25, 0.3) is 0 Å². The molecule has 0 aliphatic rings. The highest BCUT2D eigenvalue weighted by Crippen LogP contribution is 2.43. The second-order valence-electron chi connectivity index (χ2n) is 15.6. The topological polar surface area (TPSA) is 112 Å². The molecule has 9 nitrogen and oxygen atoms in total. The van der Waals surface area contributed by atoms with Crippen molar-refractivity contribution in [1.29, 1.82) is 0 Å². The maximum atomic E-state index is 12.7. The summed E-state index contributed by atoms with van der Waals surface area (Å²) in [5, 5.41) is 0. The van der Waals surface area contributed by atoms with Gasteiger partial charge in [0.2, 0.25) is 0 Å². The molecule has 1 N–H and O–H groups in total. The van der Waals surface area contributed by atoms with Crippen molar-refractivity contribution in [3.63, 3.8) is 0 Å². The smallest absolute Gasteiger partial charge is 0.462 e. The average molecular weight is 800 g/mol. The highest BCUT2D eigenvalue weighted by atomic mass is 31.2. The van der Waals surface area contributed by atoms with E-state index in [-0.39, 0.29) is 32.0 Å². The third-order valence-electron chi connectivity index (χ3n) is 9.73. The molecule has 55 heavy (non-hydrogen) atoms. The van der Waals surface area contributed by atoms with Crippen molar-refractivity contribution in [3.05, 3.63) is 24.3 Å². The SMILES string of the molecule is CCCC/C=C\CCCCCCCC(=O)OCC(COP(=O)(O)OCCN(C)C)OC(=O)CCCCCCCCCCCCC/C=C\CCCCCCCC. The van der Waals surface area contributed by atoms with Gasteiger partial charge < -0.3 is 19.3 Å². The molecule has 2 atom stereocenters. The van der Waals surface area contributed by atoms with Gasteiger partial charge in [0.15, 0.2) is 6.10 Å². The predicted octanol–water partition coefficient (Wildman–Crippen LogP) is 13.0. The van der Waals surface area contributed by atoms with E-state index in [1.807, 2.05) is 19.0 Å². The number of carbonyl (C=O) groups excluding carboxylic acids is 2. The Hall–Kier alpha value is -1.51. The monoisotopic (exact) mass is 800 g/mol. The van der Waals surface area contributed by atoms with Crippen LogP contribution in [0, 0.1) is 0 Å². The van der Waals surface area contributed by atoms with E-state index in [4.69, 9.17) is 18.5 Å². The maximum absolute atomic E-state index is 12.7. The number of rotatable bonds is 42. The number of likely N-dealkylation sites (N-methyl/N-ethyl adjacent to an activating group) is 1. The first kappa shape index (κ1) is 53.5. The van der Waals surface area contributed by atoms with Crippen LogP contribution in [0.2, 0.25) is 0 Å². The van der Waals surface area contributed by atoms with E-state index >= 15 is 0 Å². The first-order chi connectivity index (χ1) is 26.7. The molecule has 0 saturated heterocycles. The van der Waals surface area contributed by atoms with Gasteiger partial charge in [-0.2, -0.15) is 0 Å². The summed E-state index contributed by atoms with van der Waals surface area (Å²) in [7, 11) is -0.710. The lowest BCUT2D eigenvalue weighted by Crippen LogP contribution is -2.29. The van der Waals surface area contributed by atoms with E-state index in [1.54, 1.807) is 0 Å². The standard InChI is InChI=1S/C45H86NO8P/c1-5-7-9-11-13-15-17-18-19-20-21-22-23-24-25-26-28-30-32-34-36-38-45(48)54-43(42-53-55(49,50)52-40-39-46(3)4)41-51-44(47)37-35-33-31-29-27-16-14-12-10-8-6-2/h12,14,18-19,43H,5-11,13,15-17,20-42H2,1-4H3,(H,49,50)/b14-12-,19-18-. The highest BCUT2D eigenvalue weighted by molar-refractivity contribution is 7.47. The molecule has 0 radical (unpaired) electrons. The Morgan fingerprint density at radius 3 is 1.40 bits per heavy atom. The number of phosphoric ester groups is 1. The van der Waals surface area contributed by atoms with Crippen LogP contribution in [0.1, 0.15) is 206 Å². The molecule has 0 bridgehead atoms. The first-order valence-electron chi connectivity index (χ1n) is 22.6. The number of hydrogen-bond donors (Lipinski definition) is 1. The number of allylic oxidation sites excluding steroid dienone is 4. The second-order valence-corrected chi connectivity index (χ2v) is 17.0. The fourth-order valence-electron chi connectivity index (χ4n) is 6.19. The number of hydrogen-bond acceptors (Lipinski definition) is 8. The summed E-state index contributed by atoms with van der Waals surface area (Å²) in [5.41, 5.74) is 0. The Labute approximate surface area is 338 Å². The van der Waals surface area contributed by atoms with Gasteiger partial charge in [-0.05, 0) is 71.9 Å². The summed E-state index contributed by atoms with van der Waals surface area (Å²) in [6.45, 7) is 4.28. The van der Waals surface area contributed by atoms with Crippen LogP contribution in [0.15, 0.2) is 24.3 Å². The zero-order chi connectivity index (χ0) is 40.5. The van der Waals surface area contributed by atoms with Crippen molar-refractivity contribution in [3.8, 4) is 0 Å². The molecule has 0 aromatic heterocycles. The zero-order valence-corrected chi connectivity index (χ0v) is 37.0. The van der Waals surface area contributed by atoms with Crippen LogP contribution in [-0.4, -0.2) is 68.3 Å². The van der Waals surface area contributed by atoms with Crippen LogP contribution in [0.5, 0.6) is 0 Å². The quantitative estimate of drug-likeness (QED) is 0.0279. The summed E-state index contributed by atoms with van der Waals surface area (Å²) in [6, 6.07) is 0.